The summed E-state index contributed by atoms with van der Waals surface area (Å²) in [6.07, 6.45) is 5.72. The zero-order valence-electron chi connectivity index (χ0n) is 16.9. The van der Waals surface area contributed by atoms with Crippen LogP contribution in [0, 0.1) is 5.82 Å². The highest BCUT2D eigenvalue weighted by Gasteiger charge is 2.15. The van der Waals surface area contributed by atoms with Crippen LogP contribution < -0.4 is 16.0 Å². The van der Waals surface area contributed by atoms with Crippen molar-refractivity contribution < 1.29 is 14.3 Å². The maximum absolute atomic E-state index is 14.3. The Morgan fingerprint density at radius 3 is 2.81 bits per heavy atom. The third kappa shape index (κ3) is 6.24. The second kappa shape index (κ2) is 9.11. The summed E-state index contributed by atoms with van der Waals surface area (Å²) in [5.74, 6) is -0.622. The Balaban J connectivity index is 1.78. The highest BCUT2D eigenvalue weighted by atomic mass is 35.5. The topological polar surface area (TPSA) is 117 Å². The SMILES string of the molecule is C=CC(=O)Nc1ccc(F)c(Nc2nc(Nc3cnn(CC(C)(C)O)c3)ncc2Cl)c1. The van der Waals surface area contributed by atoms with E-state index in [1.54, 1.807) is 30.9 Å². The standard InChI is InChI=1S/C20H21ClFN7O2/c1-4-17(30)25-12-5-6-15(22)16(7-12)27-18-14(21)9-23-19(28-18)26-13-8-24-29(10-13)11-20(2,3)31/h4-10,31H,1,11H2,2-3H3,(H,25,30)(H2,23,26,27,28). The van der Waals surface area contributed by atoms with Crippen LogP contribution in [0.1, 0.15) is 13.8 Å². The van der Waals surface area contributed by atoms with Gasteiger partial charge in [0.25, 0.3) is 0 Å². The molecule has 2 aromatic heterocycles. The fourth-order valence-electron chi connectivity index (χ4n) is 2.57. The van der Waals surface area contributed by atoms with Gasteiger partial charge in [0.15, 0.2) is 5.82 Å². The molecular weight excluding hydrogens is 425 g/mol. The number of nitrogens with one attached hydrogen (secondary N) is 3. The van der Waals surface area contributed by atoms with Crippen molar-refractivity contribution in [3.63, 3.8) is 0 Å². The van der Waals surface area contributed by atoms with Gasteiger partial charge in [-0.2, -0.15) is 10.1 Å². The zero-order valence-corrected chi connectivity index (χ0v) is 17.6. The van der Waals surface area contributed by atoms with Crippen molar-refractivity contribution in [2.75, 3.05) is 16.0 Å². The largest absolute Gasteiger partial charge is 0.389 e. The van der Waals surface area contributed by atoms with E-state index in [2.05, 4.69) is 37.6 Å². The number of carbonyl (C=O) groups excluding carboxylic acids is 1. The van der Waals surface area contributed by atoms with Gasteiger partial charge in [-0.3, -0.25) is 9.48 Å². The van der Waals surface area contributed by atoms with E-state index in [0.717, 1.165) is 6.08 Å². The van der Waals surface area contributed by atoms with Crippen LogP contribution in [0.2, 0.25) is 5.02 Å². The minimum atomic E-state index is -0.916. The van der Waals surface area contributed by atoms with Crippen LogP contribution in [0.15, 0.2) is 49.4 Å². The summed E-state index contributed by atoms with van der Waals surface area (Å²) < 4.78 is 15.8. The molecule has 0 aliphatic heterocycles. The van der Waals surface area contributed by atoms with Gasteiger partial charge in [0, 0.05) is 11.9 Å². The monoisotopic (exact) mass is 445 g/mol. The van der Waals surface area contributed by atoms with E-state index in [1.807, 2.05) is 0 Å². The lowest BCUT2D eigenvalue weighted by Crippen LogP contribution is -2.26. The molecule has 31 heavy (non-hydrogen) atoms. The fraction of sp³-hybridized carbons (Fsp3) is 0.200. The van der Waals surface area contributed by atoms with Gasteiger partial charge in [0.1, 0.15) is 10.8 Å². The minimum Gasteiger partial charge on any atom is -0.389 e. The molecule has 3 aromatic rings. The first-order valence-corrected chi connectivity index (χ1v) is 9.55. The van der Waals surface area contributed by atoms with Crippen molar-refractivity contribution in [2.45, 2.75) is 26.0 Å². The fourth-order valence-corrected chi connectivity index (χ4v) is 2.71. The van der Waals surface area contributed by atoms with Gasteiger partial charge in [-0.05, 0) is 38.1 Å². The van der Waals surface area contributed by atoms with Gasteiger partial charge < -0.3 is 21.1 Å². The molecule has 0 radical (unpaired) electrons. The number of benzene rings is 1. The number of hydrogen-bond acceptors (Lipinski definition) is 7. The van der Waals surface area contributed by atoms with E-state index in [-0.39, 0.29) is 22.5 Å². The molecule has 0 saturated heterocycles. The number of nitrogens with zero attached hydrogens (tertiary/aromatic N) is 4. The van der Waals surface area contributed by atoms with Crippen LogP contribution in [-0.2, 0) is 11.3 Å². The Labute approximate surface area is 183 Å². The van der Waals surface area contributed by atoms with Crippen LogP contribution in [0.25, 0.3) is 0 Å². The van der Waals surface area contributed by atoms with E-state index in [0.29, 0.717) is 17.9 Å². The molecule has 0 bridgehead atoms. The lowest BCUT2D eigenvalue weighted by molar-refractivity contribution is -0.111. The number of hydrogen-bond donors (Lipinski definition) is 4. The number of anilines is 5. The minimum absolute atomic E-state index is 0.0615. The first kappa shape index (κ1) is 22.2. The third-order valence-corrected chi connectivity index (χ3v) is 4.13. The average Bonchev–Trinajstić information content (AvgIpc) is 3.11. The molecule has 0 spiro atoms. The molecule has 2 heterocycles. The molecule has 1 amide bonds. The Morgan fingerprint density at radius 2 is 2.10 bits per heavy atom. The van der Waals surface area contributed by atoms with Crippen molar-refractivity contribution in [3.8, 4) is 0 Å². The molecule has 0 atom stereocenters. The highest BCUT2D eigenvalue weighted by Crippen LogP contribution is 2.28. The van der Waals surface area contributed by atoms with Crippen LogP contribution >= 0.6 is 11.6 Å². The molecule has 1 aromatic carbocycles. The smallest absolute Gasteiger partial charge is 0.247 e. The number of aliphatic hydroxyl groups is 1. The predicted molar refractivity (Wildman–Crippen MR) is 117 cm³/mol. The summed E-state index contributed by atoms with van der Waals surface area (Å²) in [5, 5.41) is 22.6. The van der Waals surface area contributed by atoms with E-state index in [9.17, 15) is 14.3 Å². The van der Waals surface area contributed by atoms with Crippen molar-refractivity contribution in [1.82, 2.24) is 19.7 Å². The molecule has 11 heteroatoms. The van der Waals surface area contributed by atoms with Gasteiger partial charge in [-0.1, -0.05) is 18.2 Å². The molecule has 0 aliphatic carbocycles. The molecule has 0 fully saturated rings. The first-order chi connectivity index (χ1) is 14.6. The summed E-state index contributed by atoms with van der Waals surface area (Å²) in [6, 6.07) is 4.02. The molecule has 4 N–H and O–H groups in total. The van der Waals surface area contributed by atoms with E-state index < -0.39 is 17.3 Å². The third-order valence-electron chi connectivity index (χ3n) is 3.85. The second-order valence-electron chi connectivity index (χ2n) is 7.27. The van der Waals surface area contributed by atoms with Gasteiger partial charge in [0.05, 0.1) is 35.9 Å². The average molecular weight is 446 g/mol. The molecule has 3 rings (SSSR count). The summed E-state index contributed by atoms with van der Waals surface area (Å²) in [6.45, 7) is 7.04. The first-order valence-electron chi connectivity index (χ1n) is 9.17. The Morgan fingerprint density at radius 1 is 1.32 bits per heavy atom. The number of halogens is 2. The maximum Gasteiger partial charge on any atom is 0.247 e. The maximum atomic E-state index is 14.3. The summed E-state index contributed by atoms with van der Waals surface area (Å²) >= 11 is 6.16. The van der Waals surface area contributed by atoms with Gasteiger partial charge >= 0.3 is 0 Å². The van der Waals surface area contributed by atoms with Crippen molar-refractivity contribution in [3.05, 3.63) is 60.3 Å². The number of aromatic nitrogens is 4. The summed E-state index contributed by atoms with van der Waals surface area (Å²) in [4.78, 5) is 19.9. The zero-order chi connectivity index (χ0) is 22.6. The Kier molecular flexibility index (Phi) is 6.52. The summed E-state index contributed by atoms with van der Waals surface area (Å²) in [7, 11) is 0. The molecule has 9 nitrogen and oxygen atoms in total. The highest BCUT2D eigenvalue weighted by molar-refractivity contribution is 6.32. The lowest BCUT2D eigenvalue weighted by atomic mass is 10.1. The number of carbonyl (C=O) groups is 1. The predicted octanol–water partition coefficient (Wildman–Crippen LogP) is 3.85. The van der Waals surface area contributed by atoms with E-state index in [4.69, 9.17) is 11.6 Å². The van der Waals surface area contributed by atoms with Crippen LogP contribution in [0.4, 0.5) is 33.2 Å². The van der Waals surface area contributed by atoms with Gasteiger partial charge in [-0.25, -0.2) is 9.37 Å². The van der Waals surface area contributed by atoms with Crippen molar-refractivity contribution in [2.24, 2.45) is 0 Å². The molecule has 162 valence electrons. The number of rotatable bonds is 8. The van der Waals surface area contributed by atoms with E-state index >= 15 is 0 Å². The molecule has 0 unspecified atom stereocenters. The molecule has 0 aliphatic rings. The van der Waals surface area contributed by atoms with E-state index in [1.165, 1.54) is 24.4 Å². The molecular formula is C20H21ClFN7O2. The van der Waals surface area contributed by atoms with Crippen LogP contribution in [0.3, 0.4) is 0 Å². The second-order valence-corrected chi connectivity index (χ2v) is 7.67. The van der Waals surface area contributed by atoms with Crippen molar-refractivity contribution in [1.29, 1.82) is 0 Å². The number of amides is 1. The van der Waals surface area contributed by atoms with Crippen LogP contribution in [-0.4, -0.2) is 36.4 Å². The lowest BCUT2D eigenvalue weighted by Gasteiger charge is -2.16. The van der Waals surface area contributed by atoms with Crippen LogP contribution in [0.5, 0.6) is 0 Å². The van der Waals surface area contributed by atoms with Gasteiger partial charge in [-0.15, -0.1) is 0 Å². The normalized spacial score (nSPS) is 11.1. The summed E-state index contributed by atoms with van der Waals surface area (Å²) in [5.41, 5.74) is 0.113. The van der Waals surface area contributed by atoms with Gasteiger partial charge in [0.2, 0.25) is 11.9 Å². The Hall–Kier alpha value is -3.50. The molecule has 0 saturated carbocycles. The van der Waals surface area contributed by atoms with Crippen molar-refractivity contribution >= 4 is 46.3 Å². The Bertz CT molecular complexity index is 1110. The quantitative estimate of drug-likeness (QED) is 0.389.